The van der Waals surface area contributed by atoms with Crippen molar-refractivity contribution >= 4 is 15.8 Å². The van der Waals surface area contributed by atoms with Crippen LogP contribution in [-0.2, 0) is 16.2 Å². The number of halogens is 3. The van der Waals surface area contributed by atoms with Gasteiger partial charge in [-0.1, -0.05) is 12.1 Å². The number of benzene rings is 1. The van der Waals surface area contributed by atoms with Crippen LogP contribution in [0, 0.1) is 0 Å². The first kappa shape index (κ1) is 16.3. The molecule has 9 heteroatoms. The molecule has 0 fully saturated rings. The maximum Gasteiger partial charge on any atom is 0.417 e. The Morgan fingerprint density at radius 2 is 1.82 bits per heavy atom. The van der Waals surface area contributed by atoms with Gasteiger partial charge in [-0.3, -0.25) is 4.72 Å². The van der Waals surface area contributed by atoms with Crippen LogP contribution in [0.2, 0.25) is 0 Å². The highest BCUT2D eigenvalue weighted by molar-refractivity contribution is 7.92. The highest BCUT2D eigenvalue weighted by atomic mass is 32.2. The Hall–Kier alpha value is -2.03. The van der Waals surface area contributed by atoms with Gasteiger partial charge in [0.2, 0.25) is 0 Å². The molecular weight excluding hydrogens is 319 g/mol. The Bertz CT molecular complexity index is 767. The topological polar surface area (TPSA) is 64.0 Å². The lowest BCUT2D eigenvalue weighted by atomic mass is 10.2. The monoisotopic (exact) mass is 333 g/mol. The molecule has 1 aromatic heterocycles. The van der Waals surface area contributed by atoms with Gasteiger partial charge in [0.05, 0.1) is 16.7 Å². The first-order chi connectivity index (χ1) is 10.1. The molecule has 2 rings (SSSR count). The lowest BCUT2D eigenvalue weighted by Gasteiger charge is -2.16. The molecule has 2 aromatic rings. The van der Waals surface area contributed by atoms with Crippen molar-refractivity contribution in [1.29, 1.82) is 0 Å². The van der Waals surface area contributed by atoms with Gasteiger partial charge in [0.1, 0.15) is 5.82 Å². The Kier molecular flexibility index (Phi) is 4.19. The number of anilines is 1. The van der Waals surface area contributed by atoms with Gasteiger partial charge in [0.25, 0.3) is 10.0 Å². The fourth-order valence-electron chi connectivity index (χ4n) is 1.93. The summed E-state index contributed by atoms with van der Waals surface area (Å²) in [5.41, 5.74) is -1.21. The van der Waals surface area contributed by atoms with E-state index in [9.17, 15) is 21.6 Å². The van der Waals surface area contributed by atoms with E-state index in [4.69, 9.17) is 0 Å². The minimum Gasteiger partial charge on any atom is -0.264 e. The van der Waals surface area contributed by atoms with Gasteiger partial charge in [-0.25, -0.2) is 13.1 Å². The first-order valence-corrected chi connectivity index (χ1v) is 7.84. The largest absolute Gasteiger partial charge is 0.417 e. The van der Waals surface area contributed by atoms with E-state index in [0.717, 1.165) is 18.2 Å². The maximum atomic E-state index is 13.0. The number of alkyl halides is 3. The third kappa shape index (κ3) is 3.24. The molecule has 0 aliphatic rings. The summed E-state index contributed by atoms with van der Waals surface area (Å²) in [5, 5.41) is 3.93. The van der Waals surface area contributed by atoms with Crippen molar-refractivity contribution < 1.29 is 21.6 Å². The summed E-state index contributed by atoms with van der Waals surface area (Å²) < 4.78 is 67.0. The average Bonchev–Trinajstić information content (AvgIpc) is 2.85. The van der Waals surface area contributed by atoms with Crippen molar-refractivity contribution in [3.63, 3.8) is 0 Å². The molecule has 1 N–H and O–H groups in total. The summed E-state index contributed by atoms with van der Waals surface area (Å²) in [4.78, 5) is -0.820. The zero-order valence-corrected chi connectivity index (χ0v) is 12.6. The van der Waals surface area contributed by atoms with Crippen LogP contribution in [0.15, 0.2) is 41.4 Å². The van der Waals surface area contributed by atoms with E-state index in [0.29, 0.717) is 0 Å². The Balaban J connectivity index is 2.46. The molecule has 0 aliphatic carbocycles. The Labute approximate surface area is 125 Å². The van der Waals surface area contributed by atoms with Crippen LogP contribution in [0.5, 0.6) is 0 Å². The predicted octanol–water partition coefficient (Wildman–Crippen LogP) is 3.28. The van der Waals surface area contributed by atoms with Crippen molar-refractivity contribution in [2.45, 2.75) is 31.0 Å². The minimum absolute atomic E-state index is 0.104. The molecule has 0 saturated heterocycles. The van der Waals surface area contributed by atoms with E-state index in [1.807, 2.05) is 0 Å². The first-order valence-electron chi connectivity index (χ1n) is 6.35. The molecule has 0 unspecified atom stereocenters. The molecule has 0 bridgehead atoms. The summed E-state index contributed by atoms with van der Waals surface area (Å²) in [7, 11) is -4.38. The van der Waals surface area contributed by atoms with Crippen molar-refractivity contribution in [2.75, 3.05) is 4.72 Å². The zero-order chi connectivity index (χ0) is 16.5. The molecule has 120 valence electrons. The fraction of sp³-hybridized carbons (Fsp3) is 0.308. The van der Waals surface area contributed by atoms with E-state index < -0.39 is 26.7 Å². The van der Waals surface area contributed by atoms with Gasteiger partial charge in [-0.05, 0) is 26.0 Å². The quantitative estimate of drug-likeness (QED) is 0.934. The number of sulfonamides is 1. The second kappa shape index (κ2) is 5.64. The molecule has 22 heavy (non-hydrogen) atoms. The SMILES string of the molecule is CC(C)n1nccc1NS(=O)(=O)c1ccccc1C(F)(F)F. The van der Waals surface area contributed by atoms with Gasteiger partial charge in [-0.15, -0.1) is 0 Å². The van der Waals surface area contributed by atoms with E-state index in [2.05, 4.69) is 9.82 Å². The smallest absolute Gasteiger partial charge is 0.264 e. The Morgan fingerprint density at radius 1 is 1.18 bits per heavy atom. The van der Waals surface area contributed by atoms with Crippen molar-refractivity contribution in [1.82, 2.24) is 9.78 Å². The van der Waals surface area contributed by atoms with Crippen molar-refractivity contribution in [3.8, 4) is 0 Å². The molecule has 1 heterocycles. The van der Waals surface area contributed by atoms with E-state index in [1.165, 1.54) is 23.0 Å². The van der Waals surface area contributed by atoms with Gasteiger partial charge < -0.3 is 0 Å². The van der Waals surface area contributed by atoms with Crippen LogP contribution in [0.25, 0.3) is 0 Å². The van der Waals surface area contributed by atoms with Crippen molar-refractivity contribution in [3.05, 3.63) is 42.1 Å². The van der Waals surface area contributed by atoms with Crippen LogP contribution in [0.1, 0.15) is 25.5 Å². The summed E-state index contributed by atoms with van der Waals surface area (Å²) in [6.45, 7) is 3.54. The normalized spacial score (nSPS) is 12.6. The summed E-state index contributed by atoms with van der Waals surface area (Å²) >= 11 is 0. The average molecular weight is 333 g/mol. The number of rotatable bonds is 4. The number of nitrogens with one attached hydrogen (secondary N) is 1. The number of aromatic nitrogens is 2. The highest BCUT2D eigenvalue weighted by Gasteiger charge is 2.37. The molecule has 0 radical (unpaired) electrons. The molecule has 0 aliphatic heterocycles. The maximum absolute atomic E-state index is 13.0. The molecule has 0 spiro atoms. The zero-order valence-electron chi connectivity index (χ0n) is 11.8. The van der Waals surface area contributed by atoms with Gasteiger partial charge in [0, 0.05) is 12.1 Å². The number of nitrogens with zero attached hydrogens (tertiary/aromatic N) is 2. The molecule has 1 aromatic carbocycles. The molecular formula is C13H14F3N3O2S. The van der Waals surface area contributed by atoms with Crippen LogP contribution in [-0.4, -0.2) is 18.2 Å². The fourth-order valence-corrected chi connectivity index (χ4v) is 3.21. The van der Waals surface area contributed by atoms with Crippen LogP contribution in [0.4, 0.5) is 19.0 Å². The van der Waals surface area contributed by atoms with E-state index >= 15 is 0 Å². The van der Waals surface area contributed by atoms with Gasteiger partial charge in [0.15, 0.2) is 0 Å². The number of hydrogen-bond donors (Lipinski definition) is 1. The summed E-state index contributed by atoms with van der Waals surface area (Å²) in [5.74, 6) is 0.104. The van der Waals surface area contributed by atoms with Crippen LogP contribution < -0.4 is 4.72 Å². The predicted molar refractivity (Wildman–Crippen MR) is 74.9 cm³/mol. The second-order valence-corrected chi connectivity index (χ2v) is 6.51. The second-order valence-electron chi connectivity index (χ2n) is 4.85. The van der Waals surface area contributed by atoms with Crippen LogP contribution in [0.3, 0.4) is 0 Å². The highest BCUT2D eigenvalue weighted by Crippen LogP contribution is 2.34. The van der Waals surface area contributed by atoms with Gasteiger partial charge in [-0.2, -0.15) is 18.3 Å². The third-order valence-electron chi connectivity index (χ3n) is 2.88. The van der Waals surface area contributed by atoms with E-state index in [-0.39, 0.29) is 11.9 Å². The molecule has 0 atom stereocenters. The molecule has 0 amide bonds. The summed E-state index contributed by atoms with van der Waals surface area (Å²) in [6.07, 6.45) is -3.39. The van der Waals surface area contributed by atoms with Crippen molar-refractivity contribution in [2.24, 2.45) is 0 Å². The lowest BCUT2D eigenvalue weighted by molar-refractivity contribution is -0.139. The number of hydrogen-bond acceptors (Lipinski definition) is 3. The van der Waals surface area contributed by atoms with Gasteiger partial charge >= 0.3 is 6.18 Å². The van der Waals surface area contributed by atoms with Crippen LogP contribution >= 0.6 is 0 Å². The minimum atomic E-state index is -4.76. The Morgan fingerprint density at radius 3 is 2.41 bits per heavy atom. The standard InChI is InChI=1S/C13H14F3N3O2S/c1-9(2)19-12(7-8-17-19)18-22(20,21)11-6-4-3-5-10(11)13(14,15)16/h3-9,18H,1-2H3. The molecule has 0 saturated carbocycles. The van der Waals surface area contributed by atoms with E-state index in [1.54, 1.807) is 13.8 Å². The summed E-state index contributed by atoms with van der Waals surface area (Å²) in [6, 6.07) is 5.26. The molecule has 5 nitrogen and oxygen atoms in total. The third-order valence-corrected chi connectivity index (χ3v) is 4.29. The lowest BCUT2D eigenvalue weighted by Crippen LogP contribution is -2.21.